The average molecular weight is 511 g/mol. The van der Waals surface area contributed by atoms with E-state index in [9.17, 15) is 18.3 Å². The van der Waals surface area contributed by atoms with Crippen LogP contribution in [0.15, 0.2) is 46.8 Å². The van der Waals surface area contributed by atoms with Gasteiger partial charge in [-0.1, -0.05) is 41.1 Å². The van der Waals surface area contributed by atoms with Crippen molar-refractivity contribution >= 4 is 43.8 Å². The lowest BCUT2D eigenvalue weighted by atomic mass is 9.83. The van der Waals surface area contributed by atoms with Crippen molar-refractivity contribution in [1.29, 1.82) is 0 Å². The molecular formula is C23H27ClN2O5S2. The number of sulfone groups is 1. The van der Waals surface area contributed by atoms with Crippen LogP contribution in [0.1, 0.15) is 43.6 Å². The molecule has 1 saturated carbocycles. The Morgan fingerprint density at radius 2 is 1.97 bits per heavy atom. The summed E-state index contributed by atoms with van der Waals surface area (Å²) in [6.07, 6.45) is 6.42. The summed E-state index contributed by atoms with van der Waals surface area (Å²) in [7, 11) is -3.59. The number of ether oxygens (including phenoxy) is 1. The third-order valence-electron chi connectivity index (χ3n) is 6.22. The van der Waals surface area contributed by atoms with Gasteiger partial charge in [-0.05, 0) is 61.6 Å². The maximum atomic E-state index is 13.2. The number of carbonyl (C=O) groups excluding carboxylic acids is 1. The summed E-state index contributed by atoms with van der Waals surface area (Å²) in [6, 6.07) is 6.53. The van der Waals surface area contributed by atoms with E-state index in [4.69, 9.17) is 16.3 Å². The highest BCUT2D eigenvalue weighted by atomic mass is 35.5. The second-order valence-corrected chi connectivity index (χ2v) is 12.1. The van der Waals surface area contributed by atoms with Crippen molar-refractivity contribution in [2.75, 3.05) is 18.5 Å². The van der Waals surface area contributed by atoms with E-state index in [1.54, 1.807) is 30.3 Å². The standard InChI is InChI=1S/C23H27ClN2O5S2/c24-21-14-25-23(32-21)26-22(28)20(13-15-5-8-31-9-6-15)17-1-3-19(4-2-17)33(29,30)10-7-16-11-18(27)12-16/h1-4,7,10,14-16,18,20,27H,5-6,8-9,11-13H2,(H,25,26,28)/b10-7+. The first kappa shape index (κ1) is 24.3. The van der Waals surface area contributed by atoms with Gasteiger partial charge in [0.15, 0.2) is 15.0 Å². The maximum absolute atomic E-state index is 13.2. The molecule has 2 aromatic rings. The molecule has 1 aliphatic carbocycles. The molecule has 2 heterocycles. The predicted molar refractivity (Wildman–Crippen MR) is 128 cm³/mol. The summed E-state index contributed by atoms with van der Waals surface area (Å²) in [4.78, 5) is 17.4. The van der Waals surface area contributed by atoms with E-state index in [1.807, 2.05) is 0 Å². The largest absolute Gasteiger partial charge is 0.393 e. The number of amides is 1. The second-order valence-electron chi connectivity index (χ2n) is 8.63. The molecule has 0 bridgehead atoms. The highest BCUT2D eigenvalue weighted by Gasteiger charge is 2.28. The Morgan fingerprint density at radius 3 is 2.58 bits per heavy atom. The molecule has 10 heteroatoms. The number of carbonyl (C=O) groups is 1. The van der Waals surface area contributed by atoms with E-state index in [-0.39, 0.29) is 22.8 Å². The van der Waals surface area contributed by atoms with Crippen LogP contribution in [0.3, 0.4) is 0 Å². The van der Waals surface area contributed by atoms with Crippen LogP contribution in [0.5, 0.6) is 0 Å². The molecule has 1 unspecified atom stereocenters. The lowest BCUT2D eigenvalue weighted by Gasteiger charge is -2.28. The highest BCUT2D eigenvalue weighted by molar-refractivity contribution is 7.94. The van der Waals surface area contributed by atoms with Crippen LogP contribution < -0.4 is 5.32 Å². The molecule has 2 N–H and O–H groups in total. The van der Waals surface area contributed by atoms with Gasteiger partial charge in [0, 0.05) is 18.6 Å². The number of hydrogen-bond donors (Lipinski definition) is 2. The van der Waals surface area contributed by atoms with Gasteiger partial charge >= 0.3 is 0 Å². The van der Waals surface area contributed by atoms with Crippen LogP contribution in [0.25, 0.3) is 0 Å². The van der Waals surface area contributed by atoms with Crippen LogP contribution in [0, 0.1) is 11.8 Å². The maximum Gasteiger partial charge on any atom is 0.233 e. The minimum atomic E-state index is -3.59. The van der Waals surface area contributed by atoms with Gasteiger partial charge in [-0.3, -0.25) is 4.79 Å². The van der Waals surface area contributed by atoms with Gasteiger partial charge in [-0.25, -0.2) is 13.4 Å². The first-order valence-corrected chi connectivity index (χ1v) is 13.8. The molecule has 1 aliphatic heterocycles. The summed E-state index contributed by atoms with van der Waals surface area (Å²) in [5.74, 6) is -0.189. The fourth-order valence-electron chi connectivity index (χ4n) is 4.18. The zero-order chi connectivity index (χ0) is 23.4. The average Bonchev–Trinajstić information content (AvgIpc) is 3.19. The molecule has 1 aromatic carbocycles. The van der Waals surface area contributed by atoms with Gasteiger partial charge < -0.3 is 15.2 Å². The number of anilines is 1. The Balaban J connectivity index is 1.51. The molecule has 33 heavy (non-hydrogen) atoms. The van der Waals surface area contributed by atoms with Crippen molar-refractivity contribution in [2.45, 2.75) is 49.0 Å². The quantitative estimate of drug-likeness (QED) is 0.545. The number of thiazole rings is 1. The van der Waals surface area contributed by atoms with Crippen LogP contribution >= 0.6 is 22.9 Å². The topological polar surface area (TPSA) is 106 Å². The van der Waals surface area contributed by atoms with Gasteiger partial charge in [0.05, 0.1) is 23.1 Å². The van der Waals surface area contributed by atoms with Gasteiger partial charge in [0.2, 0.25) is 5.91 Å². The number of nitrogens with one attached hydrogen (secondary N) is 1. The molecular weight excluding hydrogens is 484 g/mol. The van der Waals surface area contributed by atoms with Crippen molar-refractivity contribution in [3.8, 4) is 0 Å². The summed E-state index contributed by atoms with van der Waals surface area (Å²) >= 11 is 7.13. The Hall–Kier alpha value is -1.78. The van der Waals surface area contributed by atoms with E-state index in [1.165, 1.54) is 22.9 Å². The number of halogens is 1. The van der Waals surface area contributed by atoms with E-state index >= 15 is 0 Å². The van der Waals surface area contributed by atoms with Gasteiger partial charge in [-0.2, -0.15) is 0 Å². The molecule has 1 atom stereocenters. The van der Waals surface area contributed by atoms with E-state index in [0.717, 1.165) is 18.4 Å². The number of aliphatic hydroxyl groups is 1. The van der Waals surface area contributed by atoms with Crippen molar-refractivity contribution in [3.05, 3.63) is 51.8 Å². The van der Waals surface area contributed by atoms with Crippen LogP contribution in [-0.4, -0.2) is 43.7 Å². The van der Waals surface area contributed by atoms with Crippen molar-refractivity contribution < 1.29 is 23.1 Å². The molecule has 2 fully saturated rings. The molecule has 1 saturated heterocycles. The van der Waals surface area contributed by atoms with Crippen molar-refractivity contribution in [3.63, 3.8) is 0 Å². The lowest BCUT2D eigenvalue weighted by Crippen LogP contribution is -2.26. The zero-order valence-corrected chi connectivity index (χ0v) is 20.4. The summed E-state index contributed by atoms with van der Waals surface area (Å²) < 4.78 is 31.3. The first-order valence-electron chi connectivity index (χ1n) is 11.0. The van der Waals surface area contributed by atoms with Crippen LogP contribution in [-0.2, 0) is 19.4 Å². The smallest absolute Gasteiger partial charge is 0.233 e. The summed E-state index contributed by atoms with van der Waals surface area (Å²) in [6.45, 7) is 1.37. The predicted octanol–water partition coefficient (Wildman–Crippen LogP) is 4.39. The van der Waals surface area contributed by atoms with Gasteiger partial charge in [-0.15, -0.1) is 0 Å². The Morgan fingerprint density at radius 1 is 1.27 bits per heavy atom. The third kappa shape index (κ3) is 6.42. The zero-order valence-electron chi connectivity index (χ0n) is 18.0. The molecule has 1 amide bonds. The molecule has 2 aliphatic rings. The minimum Gasteiger partial charge on any atom is -0.393 e. The highest BCUT2D eigenvalue weighted by Crippen LogP contribution is 2.33. The number of hydrogen-bond acceptors (Lipinski definition) is 7. The molecule has 7 nitrogen and oxygen atoms in total. The number of benzene rings is 1. The number of aliphatic hydroxyl groups excluding tert-OH is 1. The van der Waals surface area contributed by atoms with Gasteiger partial charge in [0.25, 0.3) is 0 Å². The van der Waals surface area contributed by atoms with E-state index in [0.29, 0.717) is 47.9 Å². The summed E-state index contributed by atoms with van der Waals surface area (Å²) in [5.41, 5.74) is 0.756. The van der Waals surface area contributed by atoms with E-state index in [2.05, 4.69) is 10.3 Å². The summed E-state index contributed by atoms with van der Waals surface area (Å²) in [5, 5.41) is 13.9. The molecule has 1 aromatic heterocycles. The number of aromatic nitrogens is 1. The molecule has 4 rings (SSSR count). The lowest BCUT2D eigenvalue weighted by molar-refractivity contribution is -0.118. The Kier molecular flexibility index (Phi) is 7.86. The number of rotatable bonds is 8. The number of allylic oxidation sites excluding steroid dienone is 1. The third-order valence-corrected chi connectivity index (χ3v) is 8.70. The van der Waals surface area contributed by atoms with E-state index < -0.39 is 15.8 Å². The Bertz CT molecular complexity index is 1090. The van der Waals surface area contributed by atoms with Gasteiger partial charge in [0.1, 0.15) is 4.34 Å². The monoisotopic (exact) mass is 510 g/mol. The van der Waals surface area contributed by atoms with Crippen molar-refractivity contribution in [1.82, 2.24) is 4.98 Å². The molecule has 0 spiro atoms. The normalized spacial score (nSPS) is 22.7. The first-order chi connectivity index (χ1) is 15.8. The fraction of sp³-hybridized carbons (Fsp3) is 0.478. The SMILES string of the molecule is O=C(Nc1ncc(Cl)s1)C(CC1CCOCC1)c1ccc(S(=O)(=O)/C=C/C2CC(O)C2)cc1. The fourth-order valence-corrected chi connectivity index (χ4v) is 6.10. The minimum absolute atomic E-state index is 0.0981. The van der Waals surface area contributed by atoms with Crippen LogP contribution in [0.2, 0.25) is 4.34 Å². The second kappa shape index (κ2) is 10.7. The number of nitrogens with zero attached hydrogens (tertiary/aromatic N) is 1. The molecule has 178 valence electrons. The Labute approximate surface area is 202 Å². The van der Waals surface area contributed by atoms with Crippen molar-refractivity contribution in [2.24, 2.45) is 11.8 Å². The van der Waals surface area contributed by atoms with Crippen LogP contribution in [0.4, 0.5) is 5.13 Å². The molecule has 0 radical (unpaired) electrons.